The van der Waals surface area contributed by atoms with Crippen molar-refractivity contribution in [3.63, 3.8) is 0 Å². The van der Waals surface area contributed by atoms with Crippen molar-refractivity contribution in [2.45, 2.75) is 19.5 Å². The van der Waals surface area contributed by atoms with Gasteiger partial charge in [-0.25, -0.2) is 4.39 Å². The number of Topliss-reactive ketones (excluding diaryl/α,β-unsaturated/α-hetero) is 1. The molecule has 0 radical (unpaired) electrons. The molecule has 2 rings (SSSR count). The van der Waals surface area contributed by atoms with Crippen molar-refractivity contribution in [1.29, 1.82) is 0 Å². The minimum Gasteiger partial charge on any atom is -0.292 e. The molecule has 0 saturated heterocycles. The van der Waals surface area contributed by atoms with Gasteiger partial charge in [0.25, 0.3) is 0 Å². The van der Waals surface area contributed by atoms with Crippen LogP contribution in [0.5, 0.6) is 0 Å². The van der Waals surface area contributed by atoms with Crippen LogP contribution >= 0.6 is 11.3 Å². The van der Waals surface area contributed by atoms with E-state index in [2.05, 4.69) is 6.07 Å². The van der Waals surface area contributed by atoms with E-state index in [1.165, 1.54) is 29.1 Å². The molecule has 1 aromatic heterocycles. The van der Waals surface area contributed by atoms with Crippen LogP contribution < -0.4 is 0 Å². The Hall–Kier alpha value is -1.52. The topological polar surface area (TPSA) is 20.3 Å². The molecule has 1 aromatic carbocycles. The maximum atomic E-state index is 12.8. The van der Waals surface area contributed by atoms with Gasteiger partial charge in [0.05, 0.1) is 6.04 Å². The van der Waals surface area contributed by atoms with Crippen molar-refractivity contribution >= 4 is 17.1 Å². The Bertz CT molecular complexity index is 536. The molecule has 0 aliphatic carbocycles. The van der Waals surface area contributed by atoms with Crippen molar-refractivity contribution in [2.24, 2.45) is 0 Å². The molecule has 1 heterocycles. The molecular formula is C15H16FNOS. The number of carbonyl (C=O) groups excluding carboxylic acids is 1. The summed E-state index contributed by atoms with van der Waals surface area (Å²) in [7, 11) is 1.92. The van der Waals surface area contributed by atoms with Crippen molar-refractivity contribution in [3.8, 4) is 0 Å². The lowest BCUT2D eigenvalue weighted by Crippen LogP contribution is -2.35. The molecule has 0 aliphatic rings. The third kappa shape index (κ3) is 3.49. The van der Waals surface area contributed by atoms with Crippen LogP contribution in [0.3, 0.4) is 0 Å². The van der Waals surface area contributed by atoms with Gasteiger partial charge >= 0.3 is 0 Å². The number of ketones is 1. The average molecular weight is 277 g/mol. The van der Waals surface area contributed by atoms with Crippen LogP contribution in [0.2, 0.25) is 0 Å². The maximum Gasteiger partial charge on any atom is 0.179 e. The van der Waals surface area contributed by atoms with E-state index in [4.69, 9.17) is 0 Å². The zero-order valence-electron chi connectivity index (χ0n) is 11.0. The molecule has 1 atom stereocenters. The van der Waals surface area contributed by atoms with Gasteiger partial charge in [0.2, 0.25) is 0 Å². The first kappa shape index (κ1) is 13.9. The molecule has 0 N–H and O–H groups in total. The summed E-state index contributed by atoms with van der Waals surface area (Å²) in [6.45, 7) is 2.62. The summed E-state index contributed by atoms with van der Waals surface area (Å²) in [5, 5.41) is 2.02. The second-order valence-electron chi connectivity index (χ2n) is 4.54. The second-order valence-corrected chi connectivity index (χ2v) is 5.57. The number of halogens is 1. The van der Waals surface area contributed by atoms with E-state index < -0.39 is 0 Å². The summed E-state index contributed by atoms with van der Waals surface area (Å²) < 4.78 is 12.8. The Labute approximate surface area is 116 Å². The molecule has 2 aromatic rings. The van der Waals surface area contributed by atoms with E-state index in [1.54, 1.807) is 11.3 Å². The largest absolute Gasteiger partial charge is 0.292 e. The van der Waals surface area contributed by atoms with Crippen LogP contribution in [-0.4, -0.2) is 23.8 Å². The number of benzene rings is 1. The first-order chi connectivity index (χ1) is 9.08. The fraction of sp³-hybridized carbons (Fsp3) is 0.267. The minimum atomic E-state index is -0.323. The lowest BCUT2D eigenvalue weighted by atomic mass is 10.0. The molecular weight excluding hydrogens is 261 g/mol. The van der Waals surface area contributed by atoms with Crippen LogP contribution in [0.15, 0.2) is 41.8 Å². The molecule has 100 valence electrons. The third-order valence-electron chi connectivity index (χ3n) is 3.15. The number of hydrogen-bond acceptors (Lipinski definition) is 3. The summed E-state index contributed by atoms with van der Waals surface area (Å²) in [5.74, 6) is -0.310. The van der Waals surface area contributed by atoms with Gasteiger partial charge < -0.3 is 0 Å². The van der Waals surface area contributed by atoms with Crippen LogP contribution in [0, 0.1) is 5.82 Å². The first-order valence-electron chi connectivity index (χ1n) is 6.10. The van der Waals surface area contributed by atoms with E-state index in [0.717, 1.165) is 6.54 Å². The van der Waals surface area contributed by atoms with Crippen molar-refractivity contribution in [3.05, 3.63) is 58.0 Å². The van der Waals surface area contributed by atoms with E-state index in [0.29, 0.717) is 5.56 Å². The van der Waals surface area contributed by atoms with Crippen LogP contribution in [-0.2, 0) is 6.54 Å². The van der Waals surface area contributed by atoms with Crippen molar-refractivity contribution in [1.82, 2.24) is 4.90 Å². The Morgan fingerprint density at radius 3 is 2.58 bits per heavy atom. The molecule has 0 fully saturated rings. The standard InChI is InChI=1S/C15H16FNOS/c1-11(17(2)10-14-4-3-9-19-14)15(18)12-5-7-13(16)8-6-12/h3-9,11H,10H2,1-2H3. The quantitative estimate of drug-likeness (QED) is 0.778. The Morgan fingerprint density at radius 1 is 1.32 bits per heavy atom. The molecule has 0 aliphatic heterocycles. The molecule has 4 heteroatoms. The average Bonchev–Trinajstić information content (AvgIpc) is 2.90. The Balaban J connectivity index is 2.04. The fourth-order valence-corrected chi connectivity index (χ4v) is 2.61. The normalized spacial score (nSPS) is 12.6. The first-order valence-corrected chi connectivity index (χ1v) is 6.98. The highest BCUT2D eigenvalue weighted by atomic mass is 32.1. The molecule has 0 saturated carbocycles. The van der Waals surface area contributed by atoms with E-state index >= 15 is 0 Å². The number of thiophene rings is 1. The van der Waals surface area contributed by atoms with Gasteiger partial charge in [0.15, 0.2) is 5.78 Å². The number of hydrogen-bond donors (Lipinski definition) is 0. The van der Waals surface area contributed by atoms with Gasteiger partial charge in [-0.15, -0.1) is 11.3 Å². The highest BCUT2D eigenvalue weighted by Crippen LogP contribution is 2.15. The monoisotopic (exact) mass is 277 g/mol. The zero-order chi connectivity index (χ0) is 13.8. The summed E-state index contributed by atoms with van der Waals surface area (Å²) >= 11 is 1.68. The third-order valence-corrected chi connectivity index (χ3v) is 4.02. The number of rotatable bonds is 5. The summed E-state index contributed by atoms with van der Waals surface area (Å²) in [5.41, 5.74) is 0.548. The van der Waals surface area contributed by atoms with Gasteiger partial charge in [-0.2, -0.15) is 0 Å². The molecule has 0 spiro atoms. The number of likely N-dealkylation sites (N-methyl/N-ethyl adjacent to an activating group) is 1. The Kier molecular flexibility index (Phi) is 4.45. The van der Waals surface area contributed by atoms with Crippen molar-refractivity contribution in [2.75, 3.05) is 7.05 Å². The smallest absolute Gasteiger partial charge is 0.179 e. The number of carbonyl (C=O) groups is 1. The highest BCUT2D eigenvalue weighted by Gasteiger charge is 2.19. The van der Waals surface area contributed by atoms with Crippen LogP contribution in [0.4, 0.5) is 4.39 Å². The lowest BCUT2D eigenvalue weighted by molar-refractivity contribution is 0.0863. The van der Waals surface area contributed by atoms with Gasteiger partial charge in [0.1, 0.15) is 5.82 Å². The Morgan fingerprint density at radius 2 is 2.00 bits per heavy atom. The summed E-state index contributed by atoms with van der Waals surface area (Å²) in [4.78, 5) is 15.5. The lowest BCUT2D eigenvalue weighted by Gasteiger charge is -2.23. The molecule has 0 amide bonds. The molecule has 0 bridgehead atoms. The SMILES string of the molecule is CC(C(=O)c1ccc(F)cc1)N(C)Cc1cccs1. The molecule has 19 heavy (non-hydrogen) atoms. The van der Waals surface area contributed by atoms with E-state index in [-0.39, 0.29) is 17.6 Å². The van der Waals surface area contributed by atoms with Gasteiger partial charge in [-0.3, -0.25) is 9.69 Å². The zero-order valence-corrected chi connectivity index (χ0v) is 11.8. The van der Waals surface area contributed by atoms with Gasteiger partial charge in [-0.05, 0) is 49.7 Å². The number of nitrogens with zero attached hydrogens (tertiary/aromatic N) is 1. The molecule has 1 unspecified atom stereocenters. The summed E-state index contributed by atoms with van der Waals surface area (Å²) in [6, 6.07) is 9.53. The minimum absolute atomic E-state index is 0.0130. The van der Waals surface area contributed by atoms with Crippen LogP contribution in [0.1, 0.15) is 22.2 Å². The van der Waals surface area contributed by atoms with E-state index in [1.807, 2.05) is 30.3 Å². The van der Waals surface area contributed by atoms with Gasteiger partial charge in [-0.1, -0.05) is 6.07 Å². The highest BCUT2D eigenvalue weighted by molar-refractivity contribution is 7.09. The second kappa shape index (κ2) is 6.08. The molecule has 2 nitrogen and oxygen atoms in total. The predicted octanol–water partition coefficient (Wildman–Crippen LogP) is 3.59. The predicted molar refractivity (Wildman–Crippen MR) is 76.0 cm³/mol. The van der Waals surface area contributed by atoms with Gasteiger partial charge in [0, 0.05) is 17.0 Å². The summed E-state index contributed by atoms with van der Waals surface area (Å²) in [6.07, 6.45) is 0. The van der Waals surface area contributed by atoms with Crippen molar-refractivity contribution < 1.29 is 9.18 Å². The fourth-order valence-electron chi connectivity index (χ4n) is 1.84. The maximum absolute atomic E-state index is 12.8. The van der Waals surface area contributed by atoms with E-state index in [9.17, 15) is 9.18 Å². The van der Waals surface area contributed by atoms with Crippen LogP contribution in [0.25, 0.3) is 0 Å².